The first kappa shape index (κ1) is 16.4. The Morgan fingerprint density at radius 2 is 2.05 bits per heavy atom. The maximum absolute atomic E-state index is 6.49. The summed E-state index contributed by atoms with van der Waals surface area (Å²) in [6.07, 6.45) is 4.99. The Hall–Kier alpha value is -1.02. The van der Waals surface area contributed by atoms with Gasteiger partial charge < -0.3 is 10.1 Å². The van der Waals surface area contributed by atoms with Crippen LogP contribution in [-0.4, -0.2) is 19.2 Å². The minimum Gasteiger partial charge on any atom is -0.488 e. The molecule has 0 aromatic heterocycles. The second-order valence-corrected chi connectivity index (χ2v) is 7.31. The van der Waals surface area contributed by atoms with Gasteiger partial charge >= 0.3 is 0 Å². The molecule has 2 rings (SSSR count). The molecule has 3 atom stereocenters. The van der Waals surface area contributed by atoms with Crippen LogP contribution in [0.15, 0.2) is 24.3 Å². The van der Waals surface area contributed by atoms with Gasteiger partial charge in [0.05, 0.1) is 0 Å². The van der Waals surface area contributed by atoms with Crippen LogP contribution in [0.25, 0.3) is 0 Å². The molecule has 1 fully saturated rings. The first-order valence-electron chi connectivity index (χ1n) is 8.39. The van der Waals surface area contributed by atoms with Crippen molar-refractivity contribution in [1.82, 2.24) is 5.32 Å². The Morgan fingerprint density at radius 1 is 1.33 bits per heavy atom. The van der Waals surface area contributed by atoms with E-state index in [0.29, 0.717) is 17.4 Å². The predicted octanol–water partition coefficient (Wildman–Crippen LogP) is 4.75. The van der Waals surface area contributed by atoms with Crippen molar-refractivity contribution in [2.24, 2.45) is 5.41 Å². The summed E-state index contributed by atoms with van der Waals surface area (Å²) in [5.74, 6) is 1.63. The summed E-state index contributed by atoms with van der Waals surface area (Å²) in [7, 11) is 2.06. The average Bonchev–Trinajstić information content (AvgIpc) is 2.46. The zero-order valence-corrected chi connectivity index (χ0v) is 14.3. The van der Waals surface area contributed by atoms with E-state index < -0.39 is 0 Å². The van der Waals surface area contributed by atoms with Crippen LogP contribution in [-0.2, 0) is 0 Å². The van der Waals surface area contributed by atoms with Crippen LogP contribution < -0.4 is 10.1 Å². The number of hydrogen-bond acceptors (Lipinski definition) is 2. The van der Waals surface area contributed by atoms with E-state index in [1.165, 1.54) is 18.4 Å². The minimum atomic E-state index is 0.268. The molecule has 0 bridgehead atoms. The van der Waals surface area contributed by atoms with Crippen LogP contribution in [0.5, 0.6) is 5.75 Å². The van der Waals surface area contributed by atoms with Crippen molar-refractivity contribution >= 4 is 0 Å². The van der Waals surface area contributed by atoms with Crippen LogP contribution in [0.3, 0.4) is 0 Å². The Labute approximate surface area is 130 Å². The maximum Gasteiger partial charge on any atom is 0.123 e. The molecule has 21 heavy (non-hydrogen) atoms. The number of ether oxygens (including phenoxy) is 1. The lowest BCUT2D eigenvalue weighted by atomic mass is 9.74. The number of benzene rings is 1. The molecule has 0 amide bonds. The van der Waals surface area contributed by atoms with Gasteiger partial charge in [-0.1, -0.05) is 45.9 Å². The first-order valence-corrected chi connectivity index (χ1v) is 8.39. The quantitative estimate of drug-likeness (QED) is 0.845. The Morgan fingerprint density at radius 3 is 2.71 bits per heavy atom. The largest absolute Gasteiger partial charge is 0.488 e. The van der Waals surface area contributed by atoms with Crippen LogP contribution in [0.4, 0.5) is 0 Å². The molecule has 1 aromatic carbocycles. The highest BCUT2D eigenvalue weighted by atomic mass is 16.5. The zero-order valence-electron chi connectivity index (χ0n) is 14.3. The molecule has 0 aliphatic heterocycles. The number of likely N-dealkylation sites (N-methyl/N-ethyl adjacent to an activating group) is 1. The van der Waals surface area contributed by atoms with Gasteiger partial charge in [-0.15, -0.1) is 0 Å². The molecular weight excluding hydrogens is 258 g/mol. The molecule has 2 heteroatoms. The Kier molecular flexibility index (Phi) is 5.32. The van der Waals surface area contributed by atoms with E-state index in [0.717, 1.165) is 18.6 Å². The molecule has 0 spiro atoms. The molecular formula is C19H31NO. The van der Waals surface area contributed by atoms with E-state index in [1.807, 2.05) is 0 Å². The summed E-state index contributed by atoms with van der Waals surface area (Å²) in [5.41, 5.74) is 1.72. The van der Waals surface area contributed by atoms with Gasteiger partial charge in [-0.3, -0.25) is 0 Å². The highest BCUT2D eigenvalue weighted by molar-refractivity contribution is 5.36. The van der Waals surface area contributed by atoms with Gasteiger partial charge in [-0.2, -0.15) is 0 Å². The topological polar surface area (TPSA) is 21.3 Å². The van der Waals surface area contributed by atoms with Crippen molar-refractivity contribution < 1.29 is 4.74 Å². The van der Waals surface area contributed by atoms with Gasteiger partial charge in [0.1, 0.15) is 11.9 Å². The van der Waals surface area contributed by atoms with Crippen molar-refractivity contribution in [3.63, 3.8) is 0 Å². The number of rotatable bonds is 5. The van der Waals surface area contributed by atoms with Crippen LogP contribution >= 0.6 is 0 Å². The zero-order chi connectivity index (χ0) is 15.5. The number of para-hydroxylation sites is 1. The van der Waals surface area contributed by atoms with Crippen molar-refractivity contribution in [3.05, 3.63) is 29.8 Å². The summed E-state index contributed by atoms with van der Waals surface area (Å²) >= 11 is 0. The van der Waals surface area contributed by atoms with Gasteiger partial charge in [-0.05, 0) is 55.7 Å². The lowest BCUT2D eigenvalue weighted by molar-refractivity contribution is 0.0550. The average molecular weight is 289 g/mol. The second kappa shape index (κ2) is 6.83. The number of hydrogen-bond donors (Lipinski definition) is 1. The normalized spacial score (nSPS) is 26.3. The highest BCUT2D eigenvalue weighted by Crippen LogP contribution is 2.38. The monoisotopic (exact) mass is 289 g/mol. The summed E-state index contributed by atoms with van der Waals surface area (Å²) in [4.78, 5) is 0. The standard InChI is InChI=1S/C19H31NO/c1-6-14(2)15-9-7-8-10-17(15)21-18-13-19(3,4)12-11-16(18)20-5/h7-10,14,16,18,20H,6,11-13H2,1-5H3. The molecule has 1 aliphatic rings. The molecule has 3 unspecified atom stereocenters. The second-order valence-electron chi connectivity index (χ2n) is 7.31. The lowest BCUT2D eigenvalue weighted by Crippen LogP contribution is -2.47. The third-order valence-corrected chi connectivity index (χ3v) is 5.05. The fourth-order valence-corrected chi connectivity index (χ4v) is 3.35. The molecule has 0 radical (unpaired) electrons. The molecule has 1 N–H and O–H groups in total. The van der Waals surface area contributed by atoms with E-state index in [2.05, 4.69) is 64.3 Å². The third-order valence-electron chi connectivity index (χ3n) is 5.05. The SMILES string of the molecule is CCC(C)c1ccccc1OC1CC(C)(C)CCC1NC. The molecule has 1 aliphatic carbocycles. The smallest absolute Gasteiger partial charge is 0.123 e. The first-order chi connectivity index (χ1) is 9.96. The summed E-state index contributed by atoms with van der Waals surface area (Å²) < 4.78 is 6.49. The van der Waals surface area contributed by atoms with Gasteiger partial charge in [0.25, 0.3) is 0 Å². The molecule has 1 saturated carbocycles. The van der Waals surface area contributed by atoms with E-state index in [-0.39, 0.29) is 6.10 Å². The fraction of sp³-hybridized carbons (Fsp3) is 0.684. The predicted molar refractivity (Wildman–Crippen MR) is 90.0 cm³/mol. The van der Waals surface area contributed by atoms with E-state index in [4.69, 9.17) is 4.74 Å². The van der Waals surface area contributed by atoms with Gasteiger partial charge in [0, 0.05) is 6.04 Å². The maximum atomic E-state index is 6.49. The van der Waals surface area contributed by atoms with Crippen molar-refractivity contribution in [1.29, 1.82) is 0 Å². The molecule has 0 saturated heterocycles. The van der Waals surface area contributed by atoms with E-state index in [9.17, 15) is 0 Å². The Balaban J connectivity index is 2.19. The minimum absolute atomic E-state index is 0.268. The van der Waals surface area contributed by atoms with E-state index in [1.54, 1.807) is 0 Å². The number of nitrogens with one attached hydrogen (secondary N) is 1. The van der Waals surface area contributed by atoms with Crippen molar-refractivity contribution in [2.45, 2.75) is 71.4 Å². The van der Waals surface area contributed by atoms with Crippen molar-refractivity contribution in [2.75, 3.05) is 7.05 Å². The van der Waals surface area contributed by atoms with Crippen LogP contribution in [0, 0.1) is 5.41 Å². The van der Waals surface area contributed by atoms with Gasteiger partial charge in [-0.25, -0.2) is 0 Å². The van der Waals surface area contributed by atoms with Crippen LogP contribution in [0.2, 0.25) is 0 Å². The third kappa shape index (κ3) is 4.00. The van der Waals surface area contributed by atoms with Gasteiger partial charge in [0.15, 0.2) is 0 Å². The molecule has 2 nitrogen and oxygen atoms in total. The summed E-state index contributed by atoms with van der Waals surface area (Å²) in [6.45, 7) is 9.23. The Bertz CT molecular complexity index is 455. The molecule has 1 aromatic rings. The van der Waals surface area contributed by atoms with E-state index >= 15 is 0 Å². The lowest BCUT2D eigenvalue weighted by Gasteiger charge is -2.40. The van der Waals surface area contributed by atoms with Crippen molar-refractivity contribution in [3.8, 4) is 5.75 Å². The molecule has 118 valence electrons. The summed E-state index contributed by atoms with van der Waals surface area (Å²) in [6, 6.07) is 9.02. The summed E-state index contributed by atoms with van der Waals surface area (Å²) in [5, 5.41) is 3.45. The highest BCUT2D eigenvalue weighted by Gasteiger charge is 2.35. The van der Waals surface area contributed by atoms with Gasteiger partial charge in [0.2, 0.25) is 0 Å². The molecule has 0 heterocycles. The van der Waals surface area contributed by atoms with Crippen LogP contribution in [0.1, 0.15) is 64.9 Å². The fourth-order valence-electron chi connectivity index (χ4n) is 3.35.